The van der Waals surface area contributed by atoms with Gasteiger partial charge in [-0.1, -0.05) is 70.9 Å². The Morgan fingerprint density at radius 3 is 2.20 bits per heavy atom. The van der Waals surface area contributed by atoms with Crippen LogP contribution in [-0.4, -0.2) is 32.5 Å². The summed E-state index contributed by atoms with van der Waals surface area (Å²) in [6.45, 7) is 10.7. The van der Waals surface area contributed by atoms with Gasteiger partial charge in [0.1, 0.15) is 11.4 Å². The van der Waals surface area contributed by atoms with Crippen molar-refractivity contribution in [3.05, 3.63) is 56.4 Å². The van der Waals surface area contributed by atoms with Gasteiger partial charge in [-0.15, -0.1) is 0 Å². The molecule has 0 fully saturated rings. The Labute approximate surface area is 240 Å². The van der Waals surface area contributed by atoms with Crippen LogP contribution in [0.3, 0.4) is 0 Å². The lowest BCUT2D eigenvalue weighted by Crippen LogP contribution is -2.43. The number of benzene rings is 1. The van der Waals surface area contributed by atoms with E-state index in [0.717, 1.165) is 63.4 Å². The van der Waals surface area contributed by atoms with E-state index in [1.54, 1.807) is 20.8 Å². The minimum atomic E-state index is -1.08. The SMILES string of the molecule is CCCCCCCn1nc(CCCCCC)c(=O)n(CCCCc2cccc(OC(C)(C)C(=O)OCC)c2)c1=O. The highest BCUT2D eigenvalue weighted by atomic mass is 16.6. The lowest BCUT2D eigenvalue weighted by molar-refractivity contribution is -0.158. The average Bonchev–Trinajstić information content (AvgIpc) is 2.92. The minimum absolute atomic E-state index is 0.236. The number of nitrogens with zero attached hydrogens (tertiary/aromatic N) is 3. The van der Waals surface area contributed by atoms with Crippen molar-refractivity contribution in [3.8, 4) is 5.75 Å². The summed E-state index contributed by atoms with van der Waals surface area (Å²) in [6.07, 6.45) is 12.6. The van der Waals surface area contributed by atoms with E-state index in [2.05, 4.69) is 18.9 Å². The van der Waals surface area contributed by atoms with Gasteiger partial charge < -0.3 is 9.47 Å². The first-order valence-electron chi connectivity index (χ1n) is 15.4. The van der Waals surface area contributed by atoms with Crippen molar-refractivity contribution in [2.24, 2.45) is 0 Å². The largest absolute Gasteiger partial charge is 0.476 e. The topological polar surface area (TPSA) is 92.4 Å². The van der Waals surface area contributed by atoms with Gasteiger partial charge in [-0.3, -0.25) is 9.36 Å². The van der Waals surface area contributed by atoms with Crippen LogP contribution in [0.2, 0.25) is 0 Å². The van der Waals surface area contributed by atoms with Crippen LogP contribution in [0.5, 0.6) is 5.75 Å². The predicted molar refractivity (Wildman–Crippen MR) is 160 cm³/mol. The van der Waals surface area contributed by atoms with Crippen LogP contribution >= 0.6 is 0 Å². The third-order valence-electron chi connectivity index (χ3n) is 7.06. The summed E-state index contributed by atoms with van der Waals surface area (Å²) in [6, 6.07) is 7.68. The van der Waals surface area contributed by atoms with Gasteiger partial charge in [-0.25, -0.2) is 14.3 Å². The molecule has 2 rings (SSSR count). The number of unbranched alkanes of at least 4 members (excludes halogenated alkanes) is 8. The molecule has 2 aromatic rings. The van der Waals surface area contributed by atoms with E-state index >= 15 is 0 Å². The van der Waals surface area contributed by atoms with Gasteiger partial charge in [0.05, 0.1) is 6.61 Å². The first kappa shape index (κ1) is 33.3. The highest BCUT2D eigenvalue weighted by molar-refractivity contribution is 5.79. The summed E-state index contributed by atoms with van der Waals surface area (Å²) < 4.78 is 14.0. The van der Waals surface area contributed by atoms with E-state index in [4.69, 9.17) is 9.47 Å². The molecule has 0 N–H and O–H groups in total. The number of aryl methyl sites for hydroxylation is 3. The molecule has 0 saturated heterocycles. The molecule has 0 aliphatic heterocycles. The molecule has 0 amide bonds. The van der Waals surface area contributed by atoms with E-state index in [-0.39, 0.29) is 11.2 Å². The van der Waals surface area contributed by atoms with Crippen molar-refractivity contribution in [1.29, 1.82) is 0 Å². The quantitative estimate of drug-likeness (QED) is 0.141. The Hall–Kier alpha value is -2.90. The van der Waals surface area contributed by atoms with Gasteiger partial charge in [0, 0.05) is 13.1 Å². The molecule has 8 heteroatoms. The molecule has 0 atom stereocenters. The summed E-state index contributed by atoms with van der Waals surface area (Å²) in [5.41, 5.74) is -0.0326. The van der Waals surface area contributed by atoms with Gasteiger partial charge in [0.2, 0.25) is 0 Å². The Kier molecular flexibility index (Phi) is 14.8. The molecule has 0 aliphatic carbocycles. The maximum Gasteiger partial charge on any atom is 0.349 e. The molecule has 1 aromatic heterocycles. The Bertz CT molecular complexity index is 1150. The Morgan fingerprint density at radius 1 is 0.850 bits per heavy atom. The van der Waals surface area contributed by atoms with Gasteiger partial charge >= 0.3 is 11.7 Å². The normalized spacial score (nSPS) is 11.5. The molecule has 0 bridgehead atoms. The fourth-order valence-corrected chi connectivity index (χ4v) is 4.70. The van der Waals surface area contributed by atoms with Crippen LogP contribution in [0.1, 0.15) is 117 Å². The molecule has 8 nitrogen and oxygen atoms in total. The van der Waals surface area contributed by atoms with Crippen LogP contribution in [-0.2, 0) is 35.5 Å². The van der Waals surface area contributed by atoms with Gasteiger partial charge in [-0.2, -0.15) is 5.10 Å². The number of hydrogen-bond acceptors (Lipinski definition) is 6. The summed E-state index contributed by atoms with van der Waals surface area (Å²) in [7, 11) is 0. The number of ether oxygens (including phenoxy) is 2. The molecule has 0 aliphatic rings. The predicted octanol–water partition coefficient (Wildman–Crippen LogP) is 6.24. The fourth-order valence-electron chi connectivity index (χ4n) is 4.70. The zero-order valence-corrected chi connectivity index (χ0v) is 25.5. The molecule has 40 heavy (non-hydrogen) atoms. The molecule has 224 valence electrons. The van der Waals surface area contributed by atoms with Crippen molar-refractivity contribution >= 4 is 5.97 Å². The van der Waals surface area contributed by atoms with Crippen molar-refractivity contribution in [2.75, 3.05) is 6.61 Å². The zero-order valence-electron chi connectivity index (χ0n) is 25.5. The van der Waals surface area contributed by atoms with Crippen LogP contribution in [0.15, 0.2) is 33.9 Å². The number of carbonyl (C=O) groups excluding carboxylic acids is 1. The second kappa shape index (κ2) is 17.7. The number of rotatable bonds is 20. The van der Waals surface area contributed by atoms with Crippen LogP contribution in [0, 0.1) is 0 Å². The summed E-state index contributed by atoms with van der Waals surface area (Å²) in [5, 5.41) is 4.51. The number of carbonyl (C=O) groups is 1. The van der Waals surface area contributed by atoms with Gasteiger partial charge in [0.25, 0.3) is 5.56 Å². The van der Waals surface area contributed by atoms with Crippen molar-refractivity contribution in [3.63, 3.8) is 0 Å². The monoisotopic (exact) mass is 557 g/mol. The highest BCUT2D eigenvalue weighted by Crippen LogP contribution is 2.22. The van der Waals surface area contributed by atoms with Crippen LogP contribution in [0.25, 0.3) is 0 Å². The third-order valence-corrected chi connectivity index (χ3v) is 7.06. The molecule has 1 aromatic carbocycles. The van der Waals surface area contributed by atoms with Gasteiger partial charge in [-0.05, 0) is 77.0 Å². The van der Waals surface area contributed by atoms with Crippen molar-refractivity contribution < 1.29 is 14.3 Å². The van der Waals surface area contributed by atoms with E-state index in [9.17, 15) is 14.4 Å². The van der Waals surface area contributed by atoms with E-state index in [0.29, 0.717) is 44.0 Å². The molecule has 0 unspecified atom stereocenters. The lowest BCUT2D eigenvalue weighted by Gasteiger charge is -2.24. The second-order valence-corrected chi connectivity index (χ2v) is 11.1. The van der Waals surface area contributed by atoms with Crippen molar-refractivity contribution in [1.82, 2.24) is 14.3 Å². The number of esters is 1. The summed E-state index contributed by atoms with van der Waals surface area (Å²) in [4.78, 5) is 38.6. The zero-order chi connectivity index (χ0) is 29.4. The van der Waals surface area contributed by atoms with E-state index < -0.39 is 11.6 Å². The second-order valence-electron chi connectivity index (χ2n) is 11.1. The molecule has 0 spiro atoms. The van der Waals surface area contributed by atoms with Gasteiger partial charge in [0.15, 0.2) is 5.60 Å². The van der Waals surface area contributed by atoms with E-state index in [1.165, 1.54) is 22.1 Å². The first-order chi connectivity index (χ1) is 19.2. The molecular weight excluding hydrogens is 506 g/mol. The maximum atomic E-state index is 13.2. The molecule has 0 radical (unpaired) electrons. The van der Waals surface area contributed by atoms with E-state index in [1.807, 2.05) is 24.3 Å². The molecular formula is C32H51N3O5. The first-order valence-corrected chi connectivity index (χ1v) is 15.4. The average molecular weight is 558 g/mol. The lowest BCUT2D eigenvalue weighted by atomic mass is 10.1. The van der Waals surface area contributed by atoms with Crippen LogP contribution < -0.4 is 16.0 Å². The maximum absolute atomic E-state index is 13.2. The summed E-state index contributed by atoms with van der Waals surface area (Å²) in [5.74, 6) is 0.204. The smallest absolute Gasteiger partial charge is 0.349 e. The fraction of sp³-hybridized carbons (Fsp3) is 0.688. The molecule has 1 heterocycles. The Balaban J connectivity index is 2.05. The summed E-state index contributed by atoms with van der Waals surface area (Å²) >= 11 is 0. The van der Waals surface area contributed by atoms with Crippen molar-refractivity contribution in [2.45, 2.75) is 137 Å². The number of aromatic nitrogens is 3. The number of hydrogen-bond donors (Lipinski definition) is 0. The Morgan fingerprint density at radius 2 is 1.50 bits per heavy atom. The standard InChI is InChI=1S/C32H51N3O5/c1-6-9-11-13-16-24-35-31(38)34(29(36)28(33-35)22-14-12-10-7-2)23-17-15-19-26-20-18-21-27(25-26)40-32(4,5)30(37)39-8-3/h18,20-21,25H,6-17,19,22-24H2,1-5H3. The molecule has 0 saturated carbocycles. The highest BCUT2D eigenvalue weighted by Gasteiger charge is 2.31. The third kappa shape index (κ3) is 10.9. The van der Waals surface area contributed by atoms with Crippen LogP contribution in [0.4, 0.5) is 0 Å². The minimum Gasteiger partial charge on any atom is -0.476 e.